The zero-order valence-electron chi connectivity index (χ0n) is 17.4. The zero-order valence-corrected chi connectivity index (χ0v) is 18.4. The predicted molar refractivity (Wildman–Crippen MR) is 115 cm³/mol. The Balaban J connectivity index is 1.91. The van der Waals surface area contributed by atoms with Gasteiger partial charge in [-0.3, -0.25) is 5.32 Å². The third-order valence-corrected chi connectivity index (χ3v) is 9.64. The van der Waals surface area contributed by atoms with Crippen molar-refractivity contribution in [3.63, 3.8) is 0 Å². The van der Waals surface area contributed by atoms with Crippen LogP contribution in [0.1, 0.15) is 38.0 Å². The lowest BCUT2D eigenvalue weighted by Gasteiger charge is -2.36. The molecule has 0 saturated carbocycles. The largest absolute Gasteiger partial charge is 0.444 e. The number of ether oxygens (including phenoxy) is 1. The number of rotatable bonds is 7. The average Bonchev–Trinajstić information content (AvgIpc) is 2.64. The van der Waals surface area contributed by atoms with Gasteiger partial charge in [-0.2, -0.15) is 0 Å². The number of carbonyl (C=O) groups excluding carboxylic acids is 1. The van der Waals surface area contributed by atoms with E-state index >= 15 is 0 Å². The Labute approximate surface area is 168 Å². The van der Waals surface area contributed by atoms with Crippen LogP contribution in [0.4, 0.5) is 10.5 Å². The lowest BCUT2D eigenvalue weighted by molar-refractivity contribution is 0.100. The molecule has 5 nitrogen and oxygen atoms in total. The van der Waals surface area contributed by atoms with E-state index in [1.165, 1.54) is 0 Å². The molecule has 0 saturated heterocycles. The molecule has 0 aromatic heterocycles. The Morgan fingerprint density at radius 2 is 1.79 bits per heavy atom. The maximum atomic E-state index is 12.0. The first-order valence-electron chi connectivity index (χ1n) is 9.48. The molecule has 1 unspecified atom stereocenters. The van der Waals surface area contributed by atoms with Gasteiger partial charge in [0.25, 0.3) is 0 Å². The molecule has 0 aliphatic rings. The Bertz CT molecular complexity index is 772. The summed E-state index contributed by atoms with van der Waals surface area (Å²) in [6.45, 7) is 11.2. The van der Waals surface area contributed by atoms with Gasteiger partial charge in [-0.1, -0.05) is 63.2 Å². The molecular weight excluding hydrogens is 370 g/mol. The van der Waals surface area contributed by atoms with Gasteiger partial charge in [-0.15, -0.1) is 0 Å². The van der Waals surface area contributed by atoms with Crippen LogP contribution in [0, 0.1) is 0 Å². The number of amides is 1. The second-order valence-electron chi connectivity index (χ2n) is 8.40. The number of hydrogen-bond donors (Lipinski definition) is 2. The smallest absolute Gasteiger partial charge is 0.411 e. The molecule has 2 aromatic carbocycles. The van der Waals surface area contributed by atoms with Gasteiger partial charge < -0.3 is 14.3 Å². The van der Waals surface area contributed by atoms with E-state index in [9.17, 15) is 9.90 Å². The van der Waals surface area contributed by atoms with Crippen molar-refractivity contribution in [2.24, 2.45) is 0 Å². The van der Waals surface area contributed by atoms with Gasteiger partial charge in [-0.25, -0.2) is 4.79 Å². The number of aliphatic hydroxyl groups excluding tert-OH is 1. The van der Waals surface area contributed by atoms with E-state index in [2.05, 4.69) is 39.2 Å². The quantitative estimate of drug-likeness (QED) is 0.602. The van der Waals surface area contributed by atoms with Crippen LogP contribution in [-0.2, 0) is 15.8 Å². The van der Waals surface area contributed by atoms with E-state index in [0.29, 0.717) is 11.3 Å². The van der Waals surface area contributed by atoms with Gasteiger partial charge in [-0.05, 0) is 41.4 Å². The molecule has 1 amide bonds. The lowest BCUT2D eigenvalue weighted by Crippen LogP contribution is -2.41. The minimum Gasteiger partial charge on any atom is -0.444 e. The summed E-state index contributed by atoms with van der Waals surface area (Å²) < 4.78 is 11.3. The van der Waals surface area contributed by atoms with E-state index < -0.39 is 20.5 Å². The summed E-state index contributed by atoms with van der Waals surface area (Å²) in [4.78, 5) is 12.0. The standard InChI is InChI=1S/C22H31NO4Si/c1-22(2,3)28(4,5)27-16-20(24)18-12-9-13-19(14-18)23-21(25)26-15-17-10-7-6-8-11-17/h6-14,20,24H,15-16H2,1-5H3,(H,23,25). The van der Waals surface area contributed by atoms with Crippen molar-refractivity contribution < 1.29 is 19.1 Å². The van der Waals surface area contributed by atoms with Gasteiger partial charge in [0.05, 0.1) is 6.61 Å². The van der Waals surface area contributed by atoms with Crippen LogP contribution in [0.15, 0.2) is 54.6 Å². The van der Waals surface area contributed by atoms with Crippen LogP contribution in [0.3, 0.4) is 0 Å². The van der Waals surface area contributed by atoms with E-state index in [0.717, 1.165) is 5.56 Å². The average molecular weight is 402 g/mol. The molecule has 2 N–H and O–H groups in total. The van der Waals surface area contributed by atoms with Gasteiger partial charge in [0.15, 0.2) is 8.32 Å². The first-order valence-corrected chi connectivity index (χ1v) is 12.4. The summed E-state index contributed by atoms with van der Waals surface area (Å²) in [6.07, 6.45) is -1.29. The topological polar surface area (TPSA) is 67.8 Å². The zero-order chi connectivity index (χ0) is 20.8. The number of nitrogens with one attached hydrogen (secondary N) is 1. The molecule has 0 heterocycles. The second kappa shape index (κ2) is 9.36. The van der Waals surface area contributed by atoms with Crippen LogP contribution < -0.4 is 5.32 Å². The molecule has 0 aliphatic heterocycles. The molecule has 1 atom stereocenters. The van der Waals surface area contributed by atoms with Gasteiger partial charge in [0.2, 0.25) is 0 Å². The minimum atomic E-state index is -1.93. The van der Waals surface area contributed by atoms with Crippen LogP contribution >= 0.6 is 0 Å². The maximum Gasteiger partial charge on any atom is 0.411 e. The Hall–Kier alpha value is -2.15. The van der Waals surface area contributed by atoms with E-state index in [1.807, 2.05) is 36.4 Å². The van der Waals surface area contributed by atoms with E-state index in [4.69, 9.17) is 9.16 Å². The molecule has 0 fully saturated rings. The van der Waals surface area contributed by atoms with Gasteiger partial charge >= 0.3 is 6.09 Å². The maximum absolute atomic E-state index is 12.0. The second-order valence-corrected chi connectivity index (χ2v) is 13.2. The summed E-state index contributed by atoms with van der Waals surface area (Å²) >= 11 is 0. The molecule has 2 rings (SSSR count). The van der Waals surface area contributed by atoms with E-state index in [1.54, 1.807) is 18.2 Å². The summed E-state index contributed by atoms with van der Waals surface area (Å²) in [5.74, 6) is 0. The molecular formula is C22H31NO4Si. The normalized spacial score (nSPS) is 13.1. The summed E-state index contributed by atoms with van der Waals surface area (Å²) in [5, 5.41) is 13.3. The van der Waals surface area contributed by atoms with Gasteiger partial charge in [0, 0.05) is 5.69 Å². The number of anilines is 1. The molecule has 28 heavy (non-hydrogen) atoms. The SMILES string of the molecule is CC(C)(C)[Si](C)(C)OCC(O)c1cccc(NC(=O)OCc2ccccc2)c1. The van der Waals surface area contributed by atoms with Crippen molar-refractivity contribution >= 4 is 20.1 Å². The Morgan fingerprint density at radius 3 is 2.43 bits per heavy atom. The van der Waals surface area contributed by atoms with Crippen molar-refractivity contribution in [1.82, 2.24) is 0 Å². The van der Waals surface area contributed by atoms with Crippen LogP contribution in [0.25, 0.3) is 0 Å². The monoisotopic (exact) mass is 401 g/mol. The van der Waals surface area contributed by atoms with Crippen LogP contribution in [0.5, 0.6) is 0 Å². The predicted octanol–water partition coefficient (Wildman–Crippen LogP) is 5.49. The number of hydrogen-bond acceptors (Lipinski definition) is 4. The summed E-state index contributed by atoms with van der Waals surface area (Å²) in [7, 11) is -1.93. The summed E-state index contributed by atoms with van der Waals surface area (Å²) in [5.41, 5.74) is 2.19. The highest BCUT2D eigenvalue weighted by Crippen LogP contribution is 2.37. The number of benzene rings is 2. The Morgan fingerprint density at radius 1 is 1.11 bits per heavy atom. The molecule has 2 aromatic rings. The highest BCUT2D eigenvalue weighted by Gasteiger charge is 2.37. The van der Waals surface area contributed by atoms with Crippen molar-refractivity contribution in [1.29, 1.82) is 0 Å². The fourth-order valence-electron chi connectivity index (χ4n) is 2.30. The lowest BCUT2D eigenvalue weighted by atomic mass is 10.1. The number of carbonyl (C=O) groups is 1. The molecule has 0 bridgehead atoms. The Kier molecular flexibility index (Phi) is 7.40. The van der Waals surface area contributed by atoms with Crippen molar-refractivity contribution in [3.8, 4) is 0 Å². The molecule has 6 heteroatoms. The molecule has 0 radical (unpaired) electrons. The van der Waals surface area contributed by atoms with Gasteiger partial charge in [0.1, 0.15) is 12.7 Å². The van der Waals surface area contributed by atoms with Crippen molar-refractivity contribution in [2.45, 2.75) is 51.6 Å². The fourth-order valence-corrected chi connectivity index (χ4v) is 3.31. The van der Waals surface area contributed by atoms with Crippen molar-refractivity contribution in [2.75, 3.05) is 11.9 Å². The summed E-state index contributed by atoms with van der Waals surface area (Å²) in [6, 6.07) is 16.6. The first kappa shape index (κ1) is 22.1. The fraction of sp³-hybridized carbons (Fsp3) is 0.409. The highest BCUT2D eigenvalue weighted by molar-refractivity contribution is 6.74. The molecule has 0 spiro atoms. The molecule has 0 aliphatic carbocycles. The minimum absolute atomic E-state index is 0.0820. The third-order valence-electron chi connectivity index (χ3n) is 5.14. The molecule has 152 valence electrons. The number of aliphatic hydroxyl groups is 1. The van der Waals surface area contributed by atoms with Crippen LogP contribution in [-0.4, -0.2) is 26.1 Å². The highest BCUT2D eigenvalue weighted by atomic mass is 28.4. The van der Waals surface area contributed by atoms with Crippen LogP contribution in [0.2, 0.25) is 18.1 Å². The van der Waals surface area contributed by atoms with E-state index in [-0.39, 0.29) is 18.3 Å². The van der Waals surface area contributed by atoms with Crippen molar-refractivity contribution in [3.05, 3.63) is 65.7 Å². The third kappa shape index (κ3) is 6.47. The first-order chi connectivity index (χ1) is 13.1.